The smallest absolute Gasteiger partial charge is 0.371 e. The number of nitrogens with one attached hydrogen (secondary N) is 1. The zero-order chi connectivity index (χ0) is 18.2. The molecule has 25 heavy (non-hydrogen) atoms. The summed E-state index contributed by atoms with van der Waals surface area (Å²) in [5.41, 5.74) is -1.01. The van der Waals surface area contributed by atoms with Crippen molar-refractivity contribution in [2.45, 2.75) is 31.6 Å². The van der Waals surface area contributed by atoms with Crippen LogP contribution in [0.3, 0.4) is 0 Å². The lowest BCUT2D eigenvalue weighted by Crippen LogP contribution is -2.28. The number of benzene rings is 1. The Kier molecular flexibility index (Phi) is 4.49. The molecule has 1 fully saturated rings. The Hall–Kier alpha value is -2.45. The van der Waals surface area contributed by atoms with E-state index < -0.39 is 23.4 Å². The van der Waals surface area contributed by atoms with E-state index in [0.717, 1.165) is 25.0 Å². The number of aromatic nitrogens is 2. The Balaban J connectivity index is 1.92. The van der Waals surface area contributed by atoms with Crippen LogP contribution in [0.5, 0.6) is 0 Å². The molecule has 0 saturated heterocycles. The molecule has 0 aliphatic heterocycles. The highest BCUT2D eigenvalue weighted by atomic mass is 19.4. The molecule has 1 aromatic carbocycles. The van der Waals surface area contributed by atoms with E-state index in [1.54, 1.807) is 4.90 Å². The number of alkyl halides is 3. The lowest BCUT2D eigenvalue weighted by molar-refractivity contribution is -0.137. The fraction of sp³-hybridized carbons (Fsp3) is 0.375. The van der Waals surface area contributed by atoms with Gasteiger partial charge < -0.3 is 10.2 Å². The van der Waals surface area contributed by atoms with Gasteiger partial charge in [-0.3, -0.25) is 0 Å². The molecule has 1 aromatic heterocycles. The summed E-state index contributed by atoms with van der Waals surface area (Å²) in [7, 11) is 1.51. The summed E-state index contributed by atoms with van der Waals surface area (Å²) in [5.74, 6) is -1.65. The molecule has 134 valence electrons. The van der Waals surface area contributed by atoms with E-state index in [-0.39, 0.29) is 29.8 Å². The molecule has 1 N–H and O–H groups in total. The summed E-state index contributed by atoms with van der Waals surface area (Å²) >= 11 is 0. The summed E-state index contributed by atoms with van der Waals surface area (Å²) < 4.78 is 66.5. The van der Waals surface area contributed by atoms with Crippen molar-refractivity contribution in [1.29, 1.82) is 0 Å². The predicted molar refractivity (Wildman–Crippen MR) is 82.1 cm³/mol. The maximum atomic E-state index is 14.5. The van der Waals surface area contributed by atoms with E-state index in [2.05, 4.69) is 15.3 Å². The van der Waals surface area contributed by atoms with Crippen molar-refractivity contribution >= 4 is 11.6 Å². The van der Waals surface area contributed by atoms with Crippen molar-refractivity contribution in [3.63, 3.8) is 0 Å². The number of hydrogen-bond donors (Lipinski definition) is 1. The maximum absolute atomic E-state index is 14.5. The van der Waals surface area contributed by atoms with Crippen molar-refractivity contribution < 1.29 is 22.0 Å². The number of hydrogen-bond acceptors (Lipinski definition) is 4. The van der Waals surface area contributed by atoms with Crippen molar-refractivity contribution in [3.05, 3.63) is 47.3 Å². The largest absolute Gasteiger partial charge is 0.416 e. The second-order valence-electron chi connectivity index (χ2n) is 5.77. The van der Waals surface area contributed by atoms with Gasteiger partial charge in [-0.1, -0.05) is 6.07 Å². The fourth-order valence-corrected chi connectivity index (χ4v) is 2.53. The topological polar surface area (TPSA) is 41.1 Å². The maximum Gasteiger partial charge on any atom is 0.416 e. The fourth-order valence-electron chi connectivity index (χ4n) is 2.53. The van der Waals surface area contributed by atoms with Crippen LogP contribution in [0, 0.1) is 11.6 Å². The van der Waals surface area contributed by atoms with E-state index in [0.29, 0.717) is 6.07 Å². The first-order valence-corrected chi connectivity index (χ1v) is 7.61. The molecule has 0 atom stereocenters. The van der Waals surface area contributed by atoms with Gasteiger partial charge in [-0.15, -0.1) is 0 Å². The van der Waals surface area contributed by atoms with E-state index in [4.69, 9.17) is 0 Å². The van der Waals surface area contributed by atoms with Gasteiger partial charge in [0, 0.05) is 25.2 Å². The third kappa shape index (κ3) is 3.64. The van der Waals surface area contributed by atoms with Gasteiger partial charge in [-0.05, 0) is 25.0 Å². The Bertz CT molecular complexity index is 774. The quantitative estimate of drug-likeness (QED) is 0.821. The summed E-state index contributed by atoms with van der Waals surface area (Å²) in [6.07, 6.45) is -1.88. The lowest BCUT2D eigenvalue weighted by Gasteiger charge is -2.24. The zero-order valence-electron chi connectivity index (χ0n) is 13.2. The van der Waals surface area contributed by atoms with Crippen LogP contribution in [0.25, 0.3) is 0 Å². The average molecular weight is 358 g/mol. The highest BCUT2D eigenvalue weighted by Gasteiger charge is 2.34. The van der Waals surface area contributed by atoms with Gasteiger partial charge in [0.05, 0.1) is 5.56 Å². The predicted octanol–water partition coefficient (Wildman–Crippen LogP) is 3.98. The van der Waals surface area contributed by atoms with Gasteiger partial charge in [-0.2, -0.15) is 17.6 Å². The van der Waals surface area contributed by atoms with E-state index in [1.807, 2.05) is 0 Å². The SMILES string of the molecule is CNc1ncnc(N(Cc2ccc(C(F)(F)F)cc2F)C2CC2)c1F. The van der Waals surface area contributed by atoms with Crippen LogP contribution in [0.1, 0.15) is 24.0 Å². The molecule has 0 spiro atoms. The molecule has 3 rings (SSSR count). The Labute approximate surface area is 140 Å². The first kappa shape index (κ1) is 17.4. The molecule has 0 unspecified atom stereocenters. The second-order valence-corrected chi connectivity index (χ2v) is 5.77. The molecule has 1 aliphatic carbocycles. The van der Waals surface area contributed by atoms with E-state index in [9.17, 15) is 22.0 Å². The number of rotatable bonds is 5. The zero-order valence-corrected chi connectivity index (χ0v) is 13.2. The van der Waals surface area contributed by atoms with Crippen LogP contribution in [-0.2, 0) is 12.7 Å². The summed E-state index contributed by atoms with van der Waals surface area (Å²) in [5, 5.41) is 2.60. The van der Waals surface area contributed by atoms with Gasteiger partial charge in [-0.25, -0.2) is 14.4 Å². The molecule has 9 heteroatoms. The summed E-state index contributed by atoms with van der Waals surface area (Å²) in [6.45, 7) is -0.0777. The molecular weight excluding hydrogens is 343 g/mol. The number of nitrogens with zero attached hydrogens (tertiary/aromatic N) is 3. The highest BCUT2D eigenvalue weighted by molar-refractivity contribution is 5.52. The summed E-state index contributed by atoms with van der Waals surface area (Å²) in [4.78, 5) is 9.25. The van der Waals surface area contributed by atoms with Crippen molar-refractivity contribution in [3.8, 4) is 0 Å². The van der Waals surface area contributed by atoms with Crippen LogP contribution in [0.15, 0.2) is 24.5 Å². The number of anilines is 2. The van der Waals surface area contributed by atoms with Gasteiger partial charge >= 0.3 is 6.18 Å². The van der Waals surface area contributed by atoms with Crippen molar-refractivity contribution in [2.24, 2.45) is 0 Å². The highest BCUT2D eigenvalue weighted by Crippen LogP contribution is 2.35. The molecule has 0 amide bonds. The van der Waals surface area contributed by atoms with Crippen molar-refractivity contribution in [2.75, 3.05) is 17.3 Å². The monoisotopic (exact) mass is 358 g/mol. The second kappa shape index (κ2) is 6.45. The van der Waals surface area contributed by atoms with Crippen LogP contribution in [-0.4, -0.2) is 23.1 Å². The molecule has 0 radical (unpaired) electrons. The third-order valence-electron chi connectivity index (χ3n) is 3.99. The van der Waals surface area contributed by atoms with Crippen LogP contribution >= 0.6 is 0 Å². The molecular formula is C16H15F5N4. The Morgan fingerprint density at radius 1 is 1.20 bits per heavy atom. The number of halogens is 5. The molecule has 4 nitrogen and oxygen atoms in total. The van der Waals surface area contributed by atoms with Gasteiger partial charge in [0.25, 0.3) is 0 Å². The normalized spacial score (nSPS) is 14.5. The van der Waals surface area contributed by atoms with Gasteiger partial charge in [0.2, 0.25) is 5.82 Å². The standard InChI is InChI=1S/C16H15F5N4/c1-22-14-13(18)15(24-8-23-14)25(11-4-5-11)7-9-2-3-10(6-12(9)17)16(19,20)21/h2-3,6,8,11H,4-5,7H2,1H3,(H,22,23,24). The van der Waals surface area contributed by atoms with Crippen LogP contribution < -0.4 is 10.2 Å². The molecule has 1 saturated carbocycles. The minimum Gasteiger partial charge on any atom is -0.371 e. The first-order chi connectivity index (χ1) is 11.8. The van der Waals surface area contributed by atoms with Crippen LogP contribution in [0.4, 0.5) is 33.6 Å². The molecule has 2 aromatic rings. The Morgan fingerprint density at radius 2 is 1.92 bits per heavy atom. The first-order valence-electron chi connectivity index (χ1n) is 7.61. The Morgan fingerprint density at radius 3 is 2.48 bits per heavy atom. The lowest BCUT2D eigenvalue weighted by atomic mass is 10.1. The summed E-state index contributed by atoms with van der Waals surface area (Å²) in [6, 6.07) is 2.32. The van der Waals surface area contributed by atoms with Crippen LogP contribution in [0.2, 0.25) is 0 Å². The molecule has 1 aliphatic rings. The molecule has 1 heterocycles. The third-order valence-corrected chi connectivity index (χ3v) is 3.99. The average Bonchev–Trinajstić information content (AvgIpc) is 3.38. The van der Waals surface area contributed by atoms with Gasteiger partial charge in [0.15, 0.2) is 11.6 Å². The minimum absolute atomic E-state index is 0.00106. The minimum atomic E-state index is -4.62. The van der Waals surface area contributed by atoms with Gasteiger partial charge in [0.1, 0.15) is 12.1 Å². The molecule has 0 bridgehead atoms. The van der Waals surface area contributed by atoms with E-state index >= 15 is 0 Å². The van der Waals surface area contributed by atoms with E-state index in [1.165, 1.54) is 13.4 Å². The van der Waals surface area contributed by atoms with Crippen molar-refractivity contribution in [1.82, 2.24) is 9.97 Å².